The third kappa shape index (κ3) is 3.54. The molecule has 0 aromatic carbocycles. The third-order valence-corrected chi connectivity index (χ3v) is 2.99. The number of hydrogen-bond acceptors (Lipinski definition) is 3. The van der Waals surface area contributed by atoms with E-state index in [0.717, 1.165) is 44.7 Å². The van der Waals surface area contributed by atoms with Crippen LogP contribution in [0.2, 0.25) is 0 Å². The summed E-state index contributed by atoms with van der Waals surface area (Å²) in [4.78, 5) is 0. The summed E-state index contributed by atoms with van der Waals surface area (Å²) in [6, 6.07) is 0. The van der Waals surface area contributed by atoms with Crippen LogP contribution in [0.4, 0.5) is 0 Å². The summed E-state index contributed by atoms with van der Waals surface area (Å²) in [5.41, 5.74) is 9.50. The second-order valence-corrected chi connectivity index (χ2v) is 4.06. The van der Waals surface area contributed by atoms with E-state index in [1.54, 1.807) is 0 Å². The first kappa shape index (κ1) is 14.2. The van der Waals surface area contributed by atoms with Crippen LogP contribution >= 0.6 is 0 Å². The van der Waals surface area contributed by atoms with Gasteiger partial charge in [-0.25, -0.2) is 0 Å². The van der Waals surface area contributed by atoms with Gasteiger partial charge in [0.1, 0.15) is 0 Å². The summed E-state index contributed by atoms with van der Waals surface area (Å²) in [5.74, 6) is 0. The zero-order valence-electron chi connectivity index (χ0n) is 11.3. The molecule has 0 radical (unpaired) electrons. The van der Waals surface area contributed by atoms with E-state index in [4.69, 9.17) is 10.5 Å². The van der Waals surface area contributed by atoms with Gasteiger partial charge in [0.05, 0.1) is 5.69 Å². The van der Waals surface area contributed by atoms with Crippen molar-refractivity contribution in [2.45, 2.75) is 53.1 Å². The van der Waals surface area contributed by atoms with Crippen LogP contribution in [0.1, 0.15) is 44.1 Å². The molecule has 1 heterocycles. The Bertz CT molecular complexity index is 334. The Morgan fingerprint density at radius 1 is 1.24 bits per heavy atom. The summed E-state index contributed by atoms with van der Waals surface area (Å²) < 4.78 is 7.46. The maximum absolute atomic E-state index is 5.81. The van der Waals surface area contributed by atoms with Crippen LogP contribution in [0, 0.1) is 0 Å². The lowest BCUT2D eigenvalue weighted by molar-refractivity contribution is 0.140. The molecule has 1 aromatic rings. The van der Waals surface area contributed by atoms with E-state index in [-0.39, 0.29) is 0 Å². The summed E-state index contributed by atoms with van der Waals surface area (Å²) in [5, 5.41) is 4.65. The first-order valence-electron chi connectivity index (χ1n) is 6.63. The third-order valence-electron chi connectivity index (χ3n) is 2.99. The maximum Gasteiger partial charge on any atom is 0.0669 e. The minimum absolute atomic E-state index is 0.595. The van der Waals surface area contributed by atoms with E-state index in [2.05, 4.69) is 23.6 Å². The van der Waals surface area contributed by atoms with E-state index in [9.17, 15) is 0 Å². The lowest BCUT2D eigenvalue weighted by Gasteiger charge is -2.07. The van der Waals surface area contributed by atoms with E-state index in [0.29, 0.717) is 6.54 Å². The van der Waals surface area contributed by atoms with Gasteiger partial charge in [0.25, 0.3) is 0 Å². The molecule has 17 heavy (non-hydrogen) atoms. The molecule has 0 saturated carbocycles. The second kappa shape index (κ2) is 7.45. The monoisotopic (exact) mass is 239 g/mol. The summed E-state index contributed by atoms with van der Waals surface area (Å²) in [7, 11) is 0. The first-order valence-corrected chi connectivity index (χ1v) is 6.63. The maximum atomic E-state index is 5.81. The Kier molecular flexibility index (Phi) is 6.22. The molecule has 0 aliphatic heterocycles. The fourth-order valence-electron chi connectivity index (χ4n) is 2.15. The van der Waals surface area contributed by atoms with E-state index >= 15 is 0 Å². The van der Waals surface area contributed by atoms with Gasteiger partial charge in [-0.2, -0.15) is 5.10 Å². The molecular weight excluding hydrogens is 214 g/mol. The summed E-state index contributed by atoms with van der Waals surface area (Å²) in [6.45, 7) is 9.42. The molecule has 0 saturated heterocycles. The number of aryl methyl sites for hydroxylation is 2. The van der Waals surface area contributed by atoms with Crippen LogP contribution in [-0.2, 0) is 30.7 Å². The van der Waals surface area contributed by atoms with E-state index < -0.39 is 0 Å². The Balaban J connectivity index is 2.73. The molecule has 0 spiro atoms. The molecule has 0 amide bonds. The number of aromatic nitrogens is 2. The van der Waals surface area contributed by atoms with Crippen molar-refractivity contribution in [3.8, 4) is 0 Å². The highest BCUT2D eigenvalue weighted by atomic mass is 16.5. The van der Waals surface area contributed by atoms with Gasteiger partial charge in [0.2, 0.25) is 0 Å². The van der Waals surface area contributed by atoms with Crippen molar-refractivity contribution in [3.05, 3.63) is 17.0 Å². The van der Waals surface area contributed by atoms with Gasteiger partial charge in [-0.05, 0) is 26.2 Å². The van der Waals surface area contributed by atoms with Crippen molar-refractivity contribution in [2.75, 3.05) is 13.2 Å². The first-order chi connectivity index (χ1) is 8.28. The van der Waals surface area contributed by atoms with Crippen molar-refractivity contribution in [3.63, 3.8) is 0 Å². The lowest BCUT2D eigenvalue weighted by atomic mass is 10.1. The van der Waals surface area contributed by atoms with Crippen molar-refractivity contribution >= 4 is 0 Å². The SMILES string of the molecule is CCOCCCn1nc(CC)c(CN)c1CC. The number of ether oxygens (including phenoxy) is 1. The quantitative estimate of drug-likeness (QED) is 0.705. The smallest absolute Gasteiger partial charge is 0.0669 e. The number of nitrogens with two attached hydrogens (primary N) is 1. The summed E-state index contributed by atoms with van der Waals surface area (Å²) in [6.07, 6.45) is 2.96. The van der Waals surface area contributed by atoms with Gasteiger partial charge in [-0.15, -0.1) is 0 Å². The standard InChI is InChI=1S/C13H25N3O/c1-4-12-11(10-14)13(5-2)16(15-12)8-7-9-17-6-3/h4-10,14H2,1-3H3. The molecule has 4 nitrogen and oxygen atoms in total. The van der Waals surface area contributed by atoms with Gasteiger partial charge in [0, 0.05) is 37.6 Å². The van der Waals surface area contributed by atoms with E-state index in [1.165, 1.54) is 11.3 Å². The van der Waals surface area contributed by atoms with Gasteiger partial charge in [-0.1, -0.05) is 13.8 Å². The fourth-order valence-corrected chi connectivity index (χ4v) is 2.15. The average molecular weight is 239 g/mol. The Labute approximate surface area is 104 Å². The molecule has 0 fully saturated rings. The van der Waals surface area contributed by atoms with Crippen molar-refractivity contribution < 1.29 is 4.74 Å². The number of nitrogens with zero attached hydrogens (tertiary/aromatic N) is 2. The van der Waals surface area contributed by atoms with Crippen LogP contribution < -0.4 is 5.73 Å². The Hall–Kier alpha value is -0.870. The summed E-state index contributed by atoms with van der Waals surface area (Å²) >= 11 is 0. The molecule has 0 atom stereocenters. The zero-order valence-corrected chi connectivity index (χ0v) is 11.3. The van der Waals surface area contributed by atoms with Gasteiger partial charge in [-0.3, -0.25) is 4.68 Å². The van der Waals surface area contributed by atoms with Crippen molar-refractivity contribution in [1.82, 2.24) is 9.78 Å². The second-order valence-electron chi connectivity index (χ2n) is 4.06. The molecule has 1 aromatic heterocycles. The molecule has 4 heteroatoms. The molecular formula is C13H25N3O. The Morgan fingerprint density at radius 2 is 2.00 bits per heavy atom. The minimum atomic E-state index is 0.595. The molecule has 0 aliphatic carbocycles. The highest BCUT2D eigenvalue weighted by molar-refractivity contribution is 5.26. The fraction of sp³-hybridized carbons (Fsp3) is 0.769. The average Bonchev–Trinajstić information content (AvgIpc) is 2.71. The number of hydrogen-bond donors (Lipinski definition) is 1. The molecule has 0 unspecified atom stereocenters. The normalized spacial score (nSPS) is 11.1. The largest absolute Gasteiger partial charge is 0.382 e. The van der Waals surface area contributed by atoms with E-state index in [1.807, 2.05) is 6.92 Å². The van der Waals surface area contributed by atoms with Gasteiger partial charge in [0.15, 0.2) is 0 Å². The van der Waals surface area contributed by atoms with Crippen molar-refractivity contribution in [2.24, 2.45) is 5.73 Å². The molecule has 1 rings (SSSR count). The Morgan fingerprint density at radius 3 is 2.53 bits per heavy atom. The van der Waals surface area contributed by atoms with Crippen LogP contribution in [0.15, 0.2) is 0 Å². The van der Waals surface area contributed by atoms with Gasteiger partial charge >= 0.3 is 0 Å². The van der Waals surface area contributed by atoms with Gasteiger partial charge < -0.3 is 10.5 Å². The number of rotatable bonds is 8. The molecule has 0 bridgehead atoms. The predicted molar refractivity (Wildman–Crippen MR) is 70.0 cm³/mol. The lowest BCUT2D eigenvalue weighted by Crippen LogP contribution is -2.09. The van der Waals surface area contributed by atoms with Crippen molar-refractivity contribution in [1.29, 1.82) is 0 Å². The molecule has 0 aliphatic rings. The van der Waals surface area contributed by atoms with Crippen LogP contribution in [0.25, 0.3) is 0 Å². The van der Waals surface area contributed by atoms with Crippen LogP contribution in [0.3, 0.4) is 0 Å². The molecule has 2 N–H and O–H groups in total. The highest BCUT2D eigenvalue weighted by Crippen LogP contribution is 2.16. The van der Waals surface area contributed by atoms with Crippen LogP contribution in [0.5, 0.6) is 0 Å². The minimum Gasteiger partial charge on any atom is -0.382 e. The van der Waals surface area contributed by atoms with Crippen LogP contribution in [-0.4, -0.2) is 23.0 Å². The zero-order chi connectivity index (χ0) is 12.7. The highest BCUT2D eigenvalue weighted by Gasteiger charge is 2.13. The predicted octanol–water partition coefficient (Wildman–Crippen LogP) is 1.89. The molecule has 98 valence electrons. The topological polar surface area (TPSA) is 53.1 Å².